The number of aliphatic hydroxyl groups is 4. The summed E-state index contributed by atoms with van der Waals surface area (Å²) < 4.78 is 5.69. The Morgan fingerprint density at radius 3 is 2.58 bits per heavy atom. The topological polar surface area (TPSA) is 131 Å². The van der Waals surface area contributed by atoms with Crippen LogP contribution >= 0.6 is 11.8 Å². The molecule has 0 aliphatic carbocycles. The van der Waals surface area contributed by atoms with Gasteiger partial charge in [-0.1, -0.05) is 13.3 Å². The minimum Gasteiger partial charge on any atom is -0.391 e. The van der Waals surface area contributed by atoms with E-state index in [0.717, 1.165) is 25.8 Å². The number of aliphatic hydroxyl groups excluding tert-OH is 4. The molecule has 2 heterocycles. The average molecular weight is 393 g/mol. The molecule has 2 unspecified atom stereocenters. The molecule has 2 rings (SSSR count). The number of rotatable bonds is 7. The average Bonchev–Trinajstić information content (AvgIpc) is 3.07. The maximum absolute atomic E-state index is 12.6. The Labute approximate surface area is 158 Å². The molecule has 0 aromatic rings. The Morgan fingerprint density at radius 1 is 1.31 bits per heavy atom. The smallest absolute Gasteiger partial charge is 0.237 e. The lowest BCUT2D eigenvalue weighted by molar-refractivity contribution is -0.211. The van der Waals surface area contributed by atoms with Gasteiger partial charge < -0.3 is 35.8 Å². The molecule has 2 saturated heterocycles. The maximum Gasteiger partial charge on any atom is 0.237 e. The Bertz CT molecular complexity index is 467. The number of nitrogens with one attached hydrogen (secondary N) is 2. The Morgan fingerprint density at radius 2 is 2.00 bits per heavy atom. The van der Waals surface area contributed by atoms with Crippen LogP contribution in [0.1, 0.15) is 33.1 Å². The van der Waals surface area contributed by atoms with E-state index < -0.39 is 42.0 Å². The number of amides is 1. The highest BCUT2D eigenvalue weighted by Crippen LogP contribution is 2.29. The minimum atomic E-state index is -1.42. The standard InChI is InChI=1S/C17H32N2O6S/c1-4-5-9-6-10(18-7-9)16(24)19-11(8(2)20)15-13(22)12(21)14(23)17(25-15)26-3/h8-15,17-18,20-23H,4-7H2,1-3H3,(H,19,24)/t8?,9-,10+,11?,12+,13-,14-,15-,17-/m1/s1. The van der Waals surface area contributed by atoms with Crippen LogP contribution in [-0.2, 0) is 9.53 Å². The fourth-order valence-corrected chi connectivity index (χ4v) is 4.42. The Balaban J connectivity index is 2.05. The van der Waals surface area contributed by atoms with Gasteiger partial charge in [-0.15, -0.1) is 11.8 Å². The first-order valence-electron chi connectivity index (χ1n) is 9.24. The van der Waals surface area contributed by atoms with Gasteiger partial charge in [0, 0.05) is 0 Å². The fraction of sp³-hybridized carbons (Fsp3) is 0.941. The molecule has 1 amide bonds. The Hall–Kier alpha value is -0.420. The Kier molecular flexibility index (Phi) is 8.14. The van der Waals surface area contributed by atoms with E-state index >= 15 is 0 Å². The molecule has 2 fully saturated rings. The summed E-state index contributed by atoms with van der Waals surface area (Å²) in [5.41, 5.74) is -0.755. The van der Waals surface area contributed by atoms with Gasteiger partial charge in [0.05, 0.1) is 18.2 Å². The molecule has 0 aromatic carbocycles. The molecule has 0 saturated carbocycles. The second-order valence-corrected chi connectivity index (χ2v) is 8.24. The quantitative estimate of drug-likeness (QED) is 0.319. The van der Waals surface area contributed by atoms with E-state index in [1.54, 1.807) is 6.26 Å². The van der Waals surface area contributed by atoms with Gasteiger partial charge in [0.2, 0.25) is 5.91 Å². The van der Waals surface area contributed by atoms with Gasteiger partial charge >= 0.3 is 0 Å². The van der Waals surface area contributed by atoms with Crippen molar-refractivity contribution in [1.82, 2.24) is 10.6 Å². The summed E-state index contributed by atoms with van der Waals surface area (Å²) >= 11 is 1.19. The molecule has 9 atom stereocenters. The van der Waals surface area contributed by atoms with Gasteiger partial charge in [-0.3, -0.25) is 4.79 Å². The number of hydrogen-bond acceptors (Lipinski definition) is 8. The van der Waals surface area contributed by atoms with E-state index in [0.29, 0.717) is 5.92 Å². The molecule has 0 radical (unpaired) electrons. The molecule has 6 N–H and O–H groups in total. The third kappa shape index (κ3) is 4.89. The van der Waals surface area contributed by atoms with Crippen LogP contribution in [0.4, 0.5) is 0 Å². The van der Waals surface area contributed by atoms with Crippen molar-refractivity contribution in [1.29, 1.82) is 0 Å². The van der Waals surface area contributed by atoms with E-state index in [1.807, 2.05) is 0 Å². The van der Waals surface area contributed by atoms with Crippen molar-refractivity contribution in [3.05, 3.63) is 0 Å². The summed E-state index contributed by atoms with van der Waals surface area (Å²) in [6, 6.07) is -1.25. The monoisotopic (exact) mass is 392 g/mol. The van der Waals surface area contributed by atoms with Crippen LogP contribution in [0.15, 0.2) is 0 Å². The van der Waals surface area contributed by atoms with E-state index in [-0.39, 0.29) is 11.9 Å². The predicted octanol–water partition coefficient (Wildman–Crippen LogP) is -1.20. The van der Waals surface area contributed by atoms with Gasteiger partial charge in [0.1, 0.15) is 29.9 Å². The number of carbonyl (C=O) groups is 1. The number of thioether (sulfide) groups is 1. The summed E-state index contributed by atoms with van der Waals surface area (Å²) in [7, 11) is 0. The van der Waals surface area contributed by atoms with Gasteiger partial charge in [0.15, 0.2) is 0 Å². The lowest BCUT2D eigenvalue weighted by Crippen LogP contribution is -2.65. The van der Waals surface area contributed by atoms with Crippen LogP contribution in [0.3, 0.4) is 0 Å². The normalized spacial score (nSPS) is 40.2. The van der Waals surface area contributed by atoms with Crippen molar-refractivity contribution in [3.8, 4) is 0 Å². The lowest BCUT2D eigenvalue weighted by Gasteiger charge is -2.44. The van der Waals surface area contributed by atoms with Gasteiger partial charge in [-0.25, -0.2) is 0 Å². The first kappa shape index (κ1) is 21.9. The predicted molar refractivity (Wildman–Crippen MR) is 98.6 cm³/mol. The van der Waals surface area contributed by atoms with Crippen LogP contribution in [0.25, 0.3) is 0 Å². The molecular weight excluding hydrogens is 360 g/mol. The highest BCUT2D eigenvalue weighted by molar-refractivity contribution is 7.99. The SMILES string of the molecule is CCC[C@H]1CN[C@H](C(=O)NC(C(C)O)[C@H]2O[C@H](SC)[C@H](O)[C@@H](O)[C@H]2O)C1. The molecule has 2 aliphatic heterocycles. The third-order valence-corrected chi connectivity index (χ3v) is 6.11. The highest BCUT2D eigenvalue weighted by Gasteiger charge is 2.48. The summed E-state index contributed by atoms with van der Waals surface area (Å²) in [6.45, 7) is 4.39. The first-order valence-corrected chi connectivity index (χ1v) is 10.5. The first-order chi connectivity index (χ1) is 12.3. The van der Waals surface area contributed by atoms with Crippen LogP contribution in [0.2, 0.25) is 0 Å². The highest BCUT2D eigenvalue weighted by atomic mass is 32.2. The van der Waals surface area contributed by atoms with Crippen LogP contribution in [0, 0.1) is 5.92 Å². The largest absolute Gasteiger partial charge is 0.391 e. The van der Waals surface area contributed by atoms with Crippen LogP contribution in [0.5, 0.6) is 0 Å². The second-order valence-electron chi connectivity index (χ2n) is 7.30. The second kappa shape index (κ2) is 9.68. The molecular formula is C17H32N2O6S. The fourth-order valence-electron chi connectivity index (χ4n) is 3.74. The number of hydrogen-bond donors (Lipinski definition) is 6. The zero-order chi connectivity index (χ0) is 19.4. The van der Waals surface area contributed by atoms with Crippen LogP contribution in [-0.4, -0.2) is 87.2 Å². The maximum atomic E-state index is 12.6. The van der Waals surface area contributed by atoms with Gasteiger partial charge in [-0.2, -0.15) is 0 Å². The molecule has 0 bridgehead atoms. The van der Waals surface area contributed by atoms with Crippen molar-refractivity contribution in [3.63, 3.8) is 0 Å². The molecule has 9 heteroatoms. The molecule has 8 nitrogen and oxygen atoms in total. The zero-order valence-electron chi connectivity index (χ0n) is 15.5. The van der Waals surface area contributed by atoms with E-state index in [4.69, 9.17) is 4.74 Å². The van der Waals surface area contributed by atoms with Crippen molar-refractivity contribution in [2.75, 3.05) is 12.8 Å². The van der Waals surface area contributed by atoms with Gasteiger partial charge in [-0.05, 0) is 38.5 Å². The zero-order valence-corrected chi connectivity index (χ0v) is 16.4. The summed E-state index contributed by atoms with van der Waals surface area (Å²) in [5, 5.41) is 46.5. The summed E-state index contributed by atoms with van der Waals surface area (Å²) in [5.74, 6) is 0.196. The van der Waals surface area contributed by atoms with Gasteiger partial charge in [0.25, 0.3) is 0 Å². The molecule has 2 aliphatic rings. The van der Waals surface area contributed by atoms with Crippen molar-refractivity contribution < 1.29 is 30.0 Å². The summed E-state index contributed by atoms with van der Waals surface area (Å²) in [4.78, 5) is 12.6. The van der Waals surface area contributed by atoms with E-state index in [2.05, 4.69) is 17.6 Å². The number of carbonyl (C=O) groups excluding carboxylic acids is 1. The van der Waals surface area contributed by atoms with E-state index in [1.165, 1.54) is 18.7 Å². The number of ether oxygens (including phenoxy) is 1. The molecule has 152 valence electrons. The van der Waals surface area contributed by atoms with Crippen molar-refractivity contribution in [2.24, 2.45) is 5.92 Å². The van der Waals surface area contributed by atoms with E-state index in [9.17, 15) is 25.2 Å². The molecule has 26 heavy (non-hydrogen) atoms. The third-order valence-electron chi connectivity index (χ3n) is 5.26. The van der Waals surface area contributed by atoms with Crippen LogP contribution < -0.4 is 10.6 Å². The molecule has 0 spiro atoms. The molecule has 0 aromatic heterocycles. The summed E-state index contributed by atoms with van der Waals surface area (Å²) in [6.07, 6.45) is -1.54. The minimum absolute atomic E-state index is 0.258. The van der Waals surface area contributed by atoms with Crippen molar-refractivity contribution in [2.45, 2.75) is 81.1 Å². The van der Waals surface area contributed by atoms with Crippen molar-refractivity contribution >= 4 is 17.7 Å². The lowest BCUT2D eigenvalue weighted by atomic mass is 9.92.